The van der Waals surface area contributed by atoms with E-state index in [9.17, 15) is 51.5 Å². The summed E-state index contributed by atoms with van der Waals surface area (Å²) in [4.78, 5) is 186. The SMILES string of the molecule is CC[C@H](C)[C@@H]1NC(=O)[C@H](C)N(C)C(=O)C[C@@H](C(=O)N2CCCC2)NC(=O)[C@H](CC(C)C)N(C)C(=O)[C@H](CCC2CCCCC2)N(C)C(=O)[C@H](CC(C)C)NC(=O)[C@H](CCC2CCC(C(F)(F)F)CC2)NC(=O)CN(C)C(=O)[C@H](CC2CCC(Cl)CC2)N(C)C(=O)CN(C)C(=O)CN(C)C1=O. The van der Waals surface area contributed by atoms with Gasteiger partial charge in [0.25, 0.3) is 0 Å². The topological polar surface area (TPSA) is 279 Å². The fourth-order valence-electron chi connectivity index (χ4n) is 14.8. The van der Waals surface area contributed by atoms with Crippen molar-refractivity contribution in [1.29, 1.82) is 0 Å². The highest BCUT2D eigenvalue weighted by Crippen LogP contribution is 2.41. The van der Waals surface area contributed by atoms with Crippen molar-refractivity contribution in [1.82, 2.24) is 60.5 Å². The monoisotopic (exact) mass is 1440 g/mol. The van der Waals surface area contributed by atoms with E-state index in [-0.39, 0.29) is 99.2 Å². The van der Waals surface area contributed by atoms with E-state index in [0.717, 1.165) is 51.7 Å². The minimum Gasteiger partial charge on any atom is -0.343 e. The molecule has 0 bridgehead atoms. The Kier molecular flexibility index (Phi) is 33.2. The maximum atomic E-state index is 15.6. The molecule has 9 atom stereocenters. The van der Waals surface area contributed by atoms with E-state index >= 15 is 19.2 Å². The molecule has 4 N–H and O–H groups in total. The van der Waals surface area contributed by atoms with Crippen molar-refractivity contribution in [3.63, 3.8) is 0 Å². The first-order valence-corrected chi connectivity index (χ1v) is 37.4. The van der Waals surface area contributed by atoms with Crippen molar-refractivity contribution in [2.75, 3.05) is 82.1 Å². The molecule has 0 aromatic carbocycles. The van der Waals surface area contributed by atoms with Gasteiger partial charge in [0, 0.05) is 67.8 Å². The van der Waals surface area contributed by atoms with Crippen LogP contribution in [0, 0.1) is 41.4 Å². The van der Waals surface area contributed by atoms with Gasteiger partial charge in [-0.1, -0.05) is 80.1 Å². The number of likely N-dealkylation sites (N-methyl/N-ethyl adjacent to an activating group) is 7. The molecule has 0 radical (unpaired) electrons. The fraction of sp³-hybridized carbons (Fsp3) is 0.833. The largest absolute Gasteiger partial charge is 0.391 e. The highest BCUT2D eigenvalue weighted by atomic mass is 35.5. The molecule has 0 aromatic heterocycles. The van der Waals surface area contributed by atoms with Crippen LogP contribution in [0.5, 0.6) is 0 Å². The third-order valence-electron chi connectivity index (χ3n) is 22.0. The number of carbonyl (C=O) groups is 12. The number of carbonyl (C=O) groups excluding carboxylic acids is 12. The molecular formula is C72H120ClF3N12O12. The van der Waals surface area contributed by atoms with Crippen molar-refractivity contribution < 1.29 is 70.7 Å². The van der Waals surface area contributed by atoms with Crippen LogP contribution in [0.15, 0.2) is 0 Å². The Labute approximate surface area is 597 Å². The van der Waals surface area contributed by atoms with Gasteiger partial charge in [-0.3, -0.25) is 57.5 Å². The second-order valence-electron chi connectivity index (χ2n) is 30.7. The van der Waals surface area contributed by atoms with Crippen LogP contribution in [0.2, 0.25) is 0 Å². The molecule has 0 aromatic rings. The lowest BCUT2D eigenvalue weighted by atomic mass is 9.79. The standard InChI is InChI=1S/C72H120ClF3N12O12/c1-15-46(6)63-71(100)83(10)42-61(91)81(8)43-62(92)85(12)58(39-50-25-31-52(73)32-26-50)69(98)82(9)41-59(89)77-53(33-27-49-23-29-51(30-24-49)72(74,75)76)65(94)78-54(37-44(2)3)67(96)86(13)56(34-28-48-21-17-16-18-22-48)70(99)87(14)57(38-45(4)5)66(95)79-55(68(97)88-35-19-20-36-88)40-60(90)84(11)47(7)64(93)80-63/h44-58,63H,15-43H2,1-14H3,(H,77,89)(H,78,94)(H,79,95)(H,80,93)/t46-,47-,49?,50?,51?,52?,53-,54-,55-,56-,57-,58-,63-/m0/s1. The quantitative estimate of drug-likeness (QED) is 0.128. The molecule has 3 aliphatic carbocycles. The van der Waals surface area contributed by atoms with Crippen LogP contribution in [0.25, 0.3) is 0 Å². The van der Waals surface area contributed by atoms with E-state index in [0.29, 0.717) is 64.5 Å². The van der Waals surface area contributed by atoms with Gasteiger partial charge in [-0.2, -0.15) is 13.2 Å². The lowest BCUT2D eigenvalue weighted by Gasteiger charge is -2.38. The van der Waals surface area contributed by atoms with Crippen molar-refractivity contribution in [3.05, 3.63) is 0 Å². The molecule has 5 rings (SSSR count). The average Bonchev–Trinajstić information content (AvgIpc) is 0.879. The highest BCUT2D eigenvalue weighted by molar-refractivity contribution is 6.20. The minimum atomic E-state index is -4.36. The van der Waals surface area contributed by atoms with Crippen LogP contribution < -0.4 is 21.3 Å². The summed E-state index contributed by atoms with van der Waals surface area (Å²) in [7, 11) is 9.85. The molecule has 568 valence electrons. The Morgan fingerprint density at radius 1 is 0.500 bits per heavy atom. The fourth-order valence-corrected chi connectivity index (χ4v) is 15.1. The van der Waals surface area contributed by atoms with Crippen LogP contribution >= 0.6 is 11.6 Å². The Morgan fingerprint density at radius 2 is 1.05 bits per heavy atom. The van der Waals surface area contributed by atoms with Gasteiger partial charge >= 0.3 is 6.18 Å². The van der Waals surface area contributed by atoms with Gasteiger partial charge in [0.15, 0.2) is 0 Å². The molecule has 2 heterocycles. The van der Waals surface area contributed by atoms with Gasteiger partial charge in [-0.05, 0) is 152 Å². The summed E-state index contributed by atoms with van der Waals surface area (Å²) in [5, 5.41) is 11.3. The van der Waals surface area contributed by atoms with Gasteiger partial charge in [0.2, 0.25) is 70.9 Å². The summed E-state index contributed by atoms with van der Waals surface area (Å²) in [6.07, 6.45) is 5.77. The summed E-state index contributed by atoms with van der Waals surface area (Å²) in [6.45, 7) is 11.5. The first kappa shape index (κ1) is 84.4. The van der Waals surface area contributed by atoms with Gasteiger partial charge < -0.3 is 60.5 Å². The number of alkyl halides is 4. The summed E-state index contributed by atoms with van der Waals surface area (Å²) in [5.74, 6) is -10.6. The molecule has 2 saturated heterocycles. The van der Waals surface area contributed by atoms with Gasteiger partial charge in [0.05, 0.1) is 32.0 Å². The summed E-state index contributed by atoms with van der Waals surface area (Å²) < 4.78 is 41.6. The van der Waals surface area contributed by atoms with Gasteiger partial charge in [-0.15, -0.1) is 11.6 Å². The molecular weight excluding hydrogens is 1320 g/mol. The number of nitrogens with zero attached hydrogens (tertiary/aromatic N) is 8. The molecule has 100 heavy (non-hydrogen) atoms. The van der Waals surface area contributed by atoms with Crippen molar-refractivity contribution in [2.24, 2.45) is 41.4 Å². The highest BCUT2D eigenvalue weighted by Gasteiger charge is 2.45. The maximum Gasteiger partial charge on any atom is 0.391 e. The second-order valence-corrected chi connectivity index (χ2v) is 31.3. The van der Waals surface area contributed by atoms with Crippen LogP contribution in [-0.2, 0) is 57.5 Å². The molecule has 5 fully saturated rings. The zero-order chi connectivity index (χ0) is 74.6. The van der Waals surface area contributed by atoms with Gasteiger partial charge in [-0.25, -0.2) is 0 Å². The molecule has 2 aliphatic heterocycles. The lowest BCUT2D eigenvalue weighted by Crippen LogP contribution is -2.60. The molecule has 12 amide bonds. The van der Waals surface area contributed by atoms with Gasteiger partial charge in [0.1, 0.15) is 48.3 Å². The Balaban J connectivity index is 1.60. The van der Waals surface area contributed by atoms with E-state index in [1.165, 1.54) is 71.0 Å². The lowest BCUT2D eigenvalue weighted by molar-refractivity contribution is -0.184. The predicted octanol–water partition coefficient (Wildman–Crippen LogP) is 6.49. The van der Waals surface area contributed by atoms with Crippen molar-refractivity contribution >= 4 is 82.5 Å². The first-order chi connectivity index (χ1) is 46.9. The molecule has 24 nitrogen and oxygen atoms in total. The molecule has 28 heteroatoms. The third kappa shape index (κ3) is 24.7. The normalized spacial score (nSPS) is 29.5. The smallest absolute Gasteiger partial charge is 0.343 e. The number of likely N-dealkylation sites (tertiary alicyclic amines) is 1. The maximum absolute atomic E-state index is 15.6. The third-order valence-corrected chi connectivity index (χ3v) is 22.4. The van der Waals surface area contributed by atoms with E-state index in [1.54, 1.807) is 11.8 Å². The van der Waals surface area contributed by atoms with E-state index in [4.69, 9.17) is 11.6 Å². The van der Waals surface area contributed by atoms with E-state index in [1.807, 2.05) is 34.6 Å². The average molecular weight is 1440 g/mol. The van der Waals surface area contributed by atoms with E-state index < -0.39 is 163 Å². The Bertz CT molecular complexity index is 2790. The van der Waals surface area contributed by atoms with Crippen LogP contribution in [-0.4, -0.2) is 252 Å². The Morgan fingerprint density at radius 3 is 1.63 bits per heavy atom. The minimum absolute atomic E-state index is 0.0512. The molecule has 0 unspecified atom stereocenters. The van der Waals surface area contributed by atoms with Crippen LogP contribution in [0.3, 0.4) is 0 Å². The second kappa shape index (κ2) is 39.4. The number of hydrogen-bond acceptors (Lipinski definition) is 12. The molecule has 0 spiro atoms. The van der Waals surface area contributed by atoms with Crippen LogP contribution in [0.4, 0.5) is 13.2 Å². The zero-order valence-electron chi connectivity index (χ0n) is 62.2. The number of hydrogen-bond donors (Lipinski definition) is 4. The van der Waals surface area contributed by atoms with Crippen LogP contribution in [0.1, 0.15) is 203 Å². The van der Waals surface area contributed by atoms with Crippen molar-refractivity contribution in [2.45, 2.75) is 262 Å². The zero-order valence-corrected chi connectivity index (χ0v) is 63.0. The summed E-state index contributed by atoms with van der Waals surface area (Å²) >= 11 is 6.51. The van der Waals surface area contributed by atoms with Crippen molar-refractivity contribution in [3.8, 4) is 0 Å². The molecule has 3 saturated carbocycles. The first-order valence-electron chi connectivity index (χ1n) is 36.9. The Hall–Kier alpha value is -6.28. The number of rotatable bonds is 15. The summed E-state index contributed by atoms with van der Waals surface area (Å²) in [5.41, 5.74) is 0. The number of nitrogens with one attached hydrogen (secondary N) is 4. The number of amides is 12. The molecule has 5 aliphatic rings. The summed E-state index contributed by atoms with van der Waals surface area (Å²) in [6, 6.07) is -10.1. The predicted molar refractivity (Wildman–Crippen MR) is 374 cm³/mol. The number of halogens is 4. The van der Waals surface area contributed by atoms with E-state index in [2.05, 4.69) is 21.3 Å².